The summed E-state index contributed by atoms with van der Waals surface area (Å²) >= 11 is 6.79. The number of hydrogen-bond donors (Lipinski definition) is 0. The molecule has 0 saturated heterocycles. The van der Waals surface area contributed by atoms with Crippen LogP contribution in [0.3, 0.4) is 0 Å². The zero-order valence-corrected chi connectivity index (χ0v) is 14.3. The van der Waals surface area contributed by atoms with E-state index < -0.39 is 0 Å². The van der Waals surface area contributed by atoms with E-state index in [1.54, 1.807) is 11.0 Å². The zero-order valence-electron chi connectivity index (χ0n) is 11.1. The molecule has 0 radical (unpaired) electrons. The second kappa shape index (κ2) is 7.39. The normalized spacial score (nSPS) is 9.95. The molecular formula is C16H12Br2N2O. The van der Waals surface area contributed by atoms with Gasteiger partial charge in [-0.3, -0.25) is 4.79 Å². The Bertz CT molecular complexity index is 680. The molecule has 0 heterocycles. The highest BCUT2D eigenvalue weighted by Crippen LogP contribution is 2.25. The van der Waals surface area contributed by atoms with Gasteiger partial charge in [0, 0.05) is 21.2 Å². The van der Waals surface area contributed by atoms with Gasteiger partial charge < -0.3 is 4.90 Å². The minimum atomic E-state index is -0.129. The molecule has 5 heteroatoms. The van der Waals surface area contributed by atoms with E-state index >= 15 is 0 Å². The number of carbonyl (C=O) groups is 1. The lowest BCUT2D eigenvalue weighted by Crippen LogP contribution is -2.32. The number of carbonyl (C=O) groups excluding carboxylic acids is 1. The SMILES string of the molecule is N#CCCN(C(=O)c1ccc(Br)cc1Br)c1ccccc1. The molecule has 1 amide bonds. The highest BCUT2D eigenvalue weighted by molar-refractivity contribution is 9.11. The molecule has 0 aliphatic heterocycles. The van der Waals surface area contributed by atoms with Gasteiger partial charge in [0.15, 0.2) is 0 Å². The number of rotatable bonds is 4. The first-order valence-electron chi connectivity index (χ1n) is 6.32. The summed E-state index contributed by atoms with van der Waals surface area (Å²) in [5, 5.41) is 8.80. The topological polar surface area (TPSA) is 44.1 Å². The van der Waals surface area contributed by atoms with Gasteiger partial charge in [-0.05, 0) is 46.3 Å². The van der Waals surface area contributed by atoms with Gasteiger partial charge in [0.25, 0.3) is 5.91 Å². The molecule has 0 saturated carbocycles. The Balaban J connectivity index is 2.37. The third-order valence-electron chi connectivity index (χ3n) is 2.92. The van der Waals surface area contributed by atoms with Crippen LogP contribution in [0.4, 0.5) is 5.69 Å². The second-order valence-corrected chi connectivity index (χ2v) is 6.09. The van der Waals surface area contributed by atoms with Crippen LogP contribution in [-0.2, 0) is 0 Å². The lowest BCUT2D eigenvalue weighted by atomic mass is 10.1. The predicted molar refractivity (Wildman–Crippen MR) is 90.2 cm³/mol. The summed E-state index contributed by atoms with van der Waals surface area (Å²) in [6.07, 6.45) is 0.286. The van der Waals surface area contributed by atoms with Crippen molar-refractivity contribution in [1.82, 2.24) is 0 Å². The van der Waals surface area contributed by atoms with Crippen LogP contribution < -0.4 is 4.90 Å². The Morgan fingerprint density at radius 3 is 2.48 bits per heavy atom. The van der Waals surface area contributed by atoms with E-state index in [9.17, 15) is 4.79 Å². The molecule has 0 fully saturated rings. The zero-order chi connectivity index (χ0) is 15.2. The third-order valence-corrected chi connectivity index (χ3v) is 4.07. The smallest absolute Gasteiger partial charge is 0.259 e. The molecule has 3 nitrogen and oxygen atoms in total. The van der Waals surface area contributed by atoms with E-state index in [-0.39, 0.29) is 12.3 Å². The average molecular weight is 408 g/mol. The van der Waals surface area contributed by atoms with Crippen molar-refractivity contribution >= 4 is 43.5 Å². The van der Waals surface area contributed by atoms with E-state index in [2.05, 4.69) is 37.9 Å². The molecule has 0 atom stereocenters. The van der Waals surface area contributed by atoms with Gasteiger partial charge in [-0.2, -0.15) is 5.26 Å². The Kier molecular flexibility index (Phi) is 5.54. The van der Waals surface area contributed by atoms with E-state index in [0.717, 1.165) is 14.6 Å². The minimum absolute atomic E-state index is 0.129. The third kappa shape index (κ3) is 3.93. The quantitative estimate of drug-likeness (QED) is 0.732. The Labute approximate surface area is 140 Å². The summed E-state index contributed by atoms with van der Waals surface area (Å²) in [5.74, 6) is -0.129. The van der Waals surface area contributed by atoms with Crippen LogP contribution in [0.5, 0.6) is 0 Å². The molecule has 2 rings (SSSR count). The largest absolute Gasteiger partial charge is 0.307 e. The van der Waals surface area contributed by atoms with Crippen molar-refractivity contribution in [1.29, 1.82) is 5.26 Å². The first-order valence-corrected chi connectivity index (χ1v) is 7.91. The van der Waals surface area contributed by atoms with Crippen molar-refractivity contribution in [3.8, 4) is 6.07 Å². The molecule has 0 aliphatic rings. The summed E-state index contributed by atoms with van der Waals surface area (Å²) in [6.45, 7) is 0.363. The number of anilines is 1. The summed E-state index contributed by atoms with van der Waals surface area (Å²) < 4.78 is 1.62. The van der Waals surface area contributed by atoms with Crippen LogP contribution in [0, 0.1) is 11.3 Å². The first-order chi connectivity index (χ1) is 10.1. The molecular weight excluding hydrogens is 396 g/mol. The van der Waals surface area contributed by atoms with Crippen LogP contribution >= 0.6 is 31.9 Å². The van der Waals surface area contributed by atoms with E-state index in [4.69, 9.17) is 5.26 Å². The monoisotopic (exact) mass is 406 g/mol. The minimum Gasteiger partial charge on any atom is -0.307 e. The van der Waals surface area contributed by atoms with Crippen LogP contribution in [0.25, 0.3) is 0 Å². The Morgan fingerprint density at radius 2 is 1.86 bits per heavy atom. The fourth-order valence-corrected chi connectivity index (χ4v) is 3.14. The van der Waals surface area contributed by atoms with Crippen molar-refractivity contribution in [2.75, 3.05) is 11.4 Å². The van der Waals surface area contributed by atoms with Gasteiger partial charge in [0.2, 0.25) is 0 Å². The Hall–Kier alpha value is -1.64. The molecule has 21 heavy (non-hydrogen) atoms. The van der Waals surface area contributed by atoms with E-state index in [1.807, 2.05) is 42.5 Å². The van der Waals surface area contributed by atoms with Gasteiger partial charge in [-0.15, -0.1) is 0 Å². The number of hydrogen-bond acceptors (Lipinski definition) is 2. The fraction of sp³-hybridized carbons (Fsp3) is 0.125. The lowest BCUT2D eigenvalue weighted by molar-refractivity contribution is 0.0986. The maximum absolute atomic E-state index is 12.8. The van der Waals surface area contributed by atoms with Crippen molar-refractivity contribution in [2.24, 2.45) is 0 Å². The number of nitrogens with zero attached hydrogens (tertiary/aromatic N) is 2. The van der Waals surface area contributed by atoms with Crippen LogP contribution in [0.15, 0.2) is 57.5 Å². The number of amides is 1. The van der Waals surface area contributed by atoms with E-state index in [1.165, 1.54) is 0 Å². The van der Waals surface area contributed by atoms with Crippen molar-refractivity contribution in [3.63, 3.8) is 0 Å². The summed E-state index contributed by atoms with van der Waals surface area (Å²) in [7, 11) is 0. The molecule has 2 aromatic carbocycles. The summed E-state index contributed by atoms with van der Waals surface area (Å²) in [5.41, 5.74) is 1.35. The average Bonchev–Trinajstić information content (AvgIpc) is 2.48. The lowest BCUT2D eigenvalue weighted by Gasteiger charge is -2.22. The van der Waals surface area contributed by atoms with Crippen molar-refractivity contribution < 1.29 is 4.79 Å². The molecule has 0 unspecified atom stereocenters. The van der Waals surface area contributed by atoms with Gasteiger partial charge in [0.05, 0.1) is 18.1 Å². The van der Waals surface area contributed by atoms with Gasteiger partial charge in [0.1, 0.15) is 0 Å². The Morgan fingerprint density at radius 1 is 1.14 bits per heavy atom. The second-order valence-electron chi connectivity index (χ2n) is 4.32. The highest BCUT2D eigenvalue weighted by atomic mass is 79.9. The van der Waals surface area contributed by atoms with Gasteiger partial charge in [-0.1, -0.05) is 34.1 Å². The number of halogens is 2. The number of benzene rings is 2. The van der Waals surface area contributed by atoms with Crippen molar-refractivity contribution in [2.45, 2.75) is 6.42 Å². The summed E-state index contributed by atoms with van der Waals surface area (Å²) in [4.78, 5) is 14.4. The maximum Gasteiger partial charge on any atom is 0.259 e. The molecule has 0 spiro atoms. The predicted octanol–water partition coefficient (Wildman–Crippen LogP) is 4.77. The van der Waals surface area contributed by atoms with Gasteiger partial charge >= 0.3 is 0 Å². The fourth-order valence-electron chi connectivity index (χ4n) is 1.93. The molecule has 0 aromatic heterocycles. The molecule has 2 aromatic rings. The van der Waals surface area contributed by atoms with E-state index in [0.29, 0.717) is 12.1 Å². The van der Waals surface area contributed by atoms with Crippen LogP contribution in [0.2, 0.25) is 0 Å². The highest BCUT2D eigenvalue weighted by Gasteiger charge is 2.19. The first kappa shape index (κ1) is 15.7. The van der Waals surface area contributed by atoms with Crippen LogP contribution in [-0.4, -0.2) is 12.5 Å². The summed E-state index contributed by atoms with van der Waals surface area (Å²) in [6, 6.07) is 16.9. The molecule has 0 aliphatic carbocycles. The number of nitriles is 1. The molecule has 0 N–H and O–H groups in total. The standard InChI is InChI=1S/C16H12Br2N2O/c17-12-7-8-14(15(18)11-12)16(21)20(10-4-9-19)13-5-2-1-3-6-13/h1-3,5-8,11H,4,10H2. The maximum atomic E-state index is 12.8. The number of para-hydroxylation sites is 1. The molecule has 0 bridgehead atoms. The van der Waals surface area contributed by atoms with Gasteiger partial charge in [-0.25, -0.2) is 0 Å². The van der Waals surface area contributed by atoms with Crippen LogP contribution in [0.1, 0.15) is 16.8 Å². The van der Waals surface area contributed by atoms with Crippen molar-refractivity contribution in [3.05, 3.63) is 63.0 Å². The molecule has 106 valence electrons.